The fourth-order valence-corrected chi connectivity index (χ4v) is 9.02. The summed E-state index contributed by atoms with van der Waals surface area (Å²) in [5, 5.41) is 2.59. The molecule has 0 fully saturated rings. The first-order valence-electron chi connectivity index (χ1n) is 11.1. The molecule has 2 aromatic rings. The standard InChI is InChI=1S/C26H34O4Si/c1-25(2,3)31(22-14-8-5-9-15-22,23-16-10-6-11-17-23)29-21-13-7-12-19-26(28-4)20-18-24(27)30-26/h5-6,8-11,14-18,20H,7,12-13,19,21H2,1-4H3. The van der Waals surface area contributed by atoms with E-state index in [2.05, 4.69) is 81.4 Å². The molecule has 3 rings (SSSR count). The van der Waals surface area contributed by atoms with Crippen LogP contribution in [-0.2, 0) is 18.7 Å². The maximum atomic E-state index is 11.4. The molecule has 1 aliphatic rings. The van der Waals surface area contributed by atoms with Crippen LogP contribution < -0.4 is 10.4 Å². The molecule has 0 amide bonds. The molecule has 1 heterocycles. The van der Waals surface area contributed by atoms with Gasteiger partial charge in [-0.25, -0.2) is 4.79 Å². The summed E-state index contributed by atoms with van der Waals surface area (Å²) >= 11 is 0. The molecule has 0 saturated heterocycles. The summed E-state index contributed by atoms with van der Waals surface area (Å²) in [4.78, 5) is 11.4. The van der Waals surface area contributed by atoms with E-state index in [0.29, 0.717) is 13.0 Å². The third-order valence-electron chi connectivity index (χ3n) is 6.00. The van der Waals surface area contributed by atoms with Crippen LogP contribution in [0.25, 0.3) is 0 Å². The maximum Gasteiger partial charge on any atom is 0.333 e. The lowest BCUT2D eigenvalue weighted by molar-refractivity contribution is -0.190. The van der Waals surface area contributed by atoms with Crippen molar-refractivity contribution in [2.24, 2.45) is 0 Å². The van der Waals surface area contributed by atoms with Crippen LogP contribution in [0.1, 0.15) is 46.5 Å². The molecule has 0 radical (unpaired) electrons. The Morgan fingerprint density at radius 2 is 1.48 bits per heavy atom. The van der Waals surface area contributed by atoms with Gasteiger partial charge in [-0.1, -0.05) is 87.9 Å². The van der Waals surface area contributed by atoms with Crippen LogP contribution >= 0.6 is 0 Å². The monoisotopic (exact) mass is 438 g/mol. The number of carbonyl (C=O) groups excluding carboxylic acids is 1. The van der Waals surface area contributed by atoms with Gasteiger partial charge >= 0.3 is 5.97 Å². The second-order valence-corrected chi connectivity index (χ2v) is 13.4. The predicted octanol–water partition coefficient (Wildman–Crippen LogP) is 4.58. The van der Waals surface area contributed by atoms with E-state index in [1.165, 1.54) is 16.4 Å². The Kier molecular flexibility index (Phi) is 7.52. The van der Waals surface area contributed by atoms with Gasteiger partial charge in [0.25, 0.3) is 8.32 Å². The summed E-state index contributed by atoms with van der Waals surface area (Å²) < 4.78 is 17.7. The lowest BCUT2D eigenvalue weighted by Gasteiger charge is -2.43. The smallest absolute Gasteiger partial charge is 0.333 e. The number of hydrogen-bond donors (Lipinski definition) is 0. The van der Waals surface area contributed by atoms with Crippen molar-refractivity contribution in [3.8, 4) is 0 Å². The van der Waals surface area contributed by atoms with E-state index in [0.717, 1.165) is 19.3 Å². The van der Waals surface area contributed by atoms with Gasteiger partial charge in [-0.2, -0.15) is 0 Å². The zero-order valence-electron chi connectivity index (χ0n) is 19.1. The molecule has 4 nitrogen and oxygen atoms in total. The highest BCUT2D eigenvalue weighted by molar-refractivity contribution is 6.99. The summed E-state index contributed by atoms with van der Waals surface area (Å²) in [6.07, 6.45) is 6.64. The number of hydrogen-bond acceptors (Lipinski definition) is 4. The molecule has 0 spiro atoms. The number of carbonyl (C=O) groups is 1. The van der Waals surface area contributed by atoms with Gasteiger partial charge in [-0.15, -0.1) is 0 Å². The largest absolute Gasteiger partial charge is 0.426 e. The first-order valence-corrected chi connectivity index (χ1v) is 13.0. The highest BCUT2D eigenvalue weighted by Gasteiger charge is 2.49. The average molecular weight is 439 g/mol. The van der Waals surface area contributed by atoms with Crippen LogP contribution in [0.4, 0.5) is 0 Å². The van der Waals surface area contributed by atoms with Gasteiger partial charge in [0.2, 0.25) is 5.79 Å². The molecule has 1 unspecified atom stereocenters. The normalized spacial score (nSPS) is 18.9. The third kappa shape index (κ3) is 5.17. The van der Waals surface area contributed by atoms with Gasteiger partial charge < -0.3 is 13.9 Å². The number of methoxy groups -OCH3 is 1. The minimum Gasteiger partial charge on any atom is -0.426 e. The van der Waals surface area contributed by atoms with E-state index >= 15 is 0 Å². The molecular weight excluding hydrogens is 404 g/mol. The number of ether oxygens (including phenoxy) is 2. The molecule has 5 heteroatoms. The molecular formula is C26H34O4Si. The fraction of sp³-hybridized carbons (Fsp3) is 0.423. The molecule has 1 aliphatic heterocycles. The van der Waals surface area contributed by atoms with Crippen molar-refractivity contribution in [3.63, 3.8) is 0 Å². The molecule has 31 heavy (non-hydrogen) atoms. The topological polar surface area (TPSA) is 44.8 Å². The number of rotatable bonds is 10. The summed E-state index contributed by atoms with van der Waals surface area (Å²) in [5.74, 6) is -1.23. The van der Waals surface area contributed by atoms with Crippen molar-refractivity contribution in [3.05, 3.63) is 72.8 Å². The van der Waals surface area contributed by atoms with Crippen molar-refractivity contribution >= 4 is 24.7 Å². The van der Waals surface area contributed by atoms with Gasteiger partial charge in [0.15, 0.2) is 0 Å². The van der Waals surface area contributed by atoms with Crippen LogP contribution in [0.3, 0.4) is 0 Å². The van der Waals surface area contributed by atoms with E-state index in [-0.39, 0.29) is 11.0 Å². The van der Waals surface area contributed by atoms with Crippen molar-refractivity contribution in [1.29, 1.82) is 0 Å². The van der Waals surface area contributed by atoms with E-state index in [1.54, 1.807) is 13.2 Å². The van der Waals surface area contributed by atoms with Gasteiger partial charge in [-0.3, -0.25) is 0 Å². The Morgan fingerprint density at radius 1 is 0.903 bits per heavy atom. The lowest BCUT2D eigenvalue weighted by Crippen LogP contribution is -2.66. The zero-order chi connectivity index (χ0) is 22.4. The second-order valence-electron chi connectivity index (χ2n) is 9.09. The molecule has 166 valence electrons. The summed E-state index contributed by atoms with van der Waals surface area (Å²) in [6, 6.07) is 21.4. The number of cyclic esters (lactones) is 1. The van der Waals surface area contributed by atoms with Crippen molar-refractivity contribution < 1.29 is 18.7 Å². The van der Waals surface area contributed by atoms with Crippen LogP contribution in [-0.4, -0.2) is 33.8 Å². The number of benzene rings is 2. The molecule has 0 aliphatic carbocycles. The number of esters is 1. The van der Waals surface area contributed by atoms with Gasteiger partial charge in [0.1, 0.15) is 0 Å². The van der Waals surface area contributed by atoms with E-state index in [9.17, 15) is 4.79 Å². The van der Waals surface area contributed by atoms with Crippen molar-refractivity contribution in [2.45, 2.75) is 57.3 Å². The van der Waals surface area contributed by atoms with E-state index < -0.39 is 14.1 Å². The quantitative estimate of drug-likeness (QED) is 0.309. The van der Waals surface area contributed by atoms with Crippen LogP contribution in [0.15, 0.2) is 72.8 Å². The number of unbranched alkanes of at least 4 members (excludes halogenated alkanes) is 2. The molecule has 0 bridgehead atoms. The minimum absolute atomic E-state index is 0.0152. The van der Waals surface area contributed by atoms with Crippen LogP contribution in [0, 0.1) is 0 Å². The average Bonchev–Trinajstić information content (AvgIpc) is 3.15. The van der Waals surface area contributed by atoms with Crippen molar-refractivity contribution in [2.75, 3.05) is 13.7 Å². The molecule has 2 aromatic carbocycles. The SMILES string of the molecule is COC1(CCCCCO[Si](c2ccccc2)(c2ccccc2)C(C)(C)C)C=CC(=O)O1. The second kappa shape index (κ2) is 9.94. The molecule has 0 N–H and O–H groups in total. The minimum atomic E-state index is -2.47. The Hall–Kier alpha value is -2.21. The lowest BCUT2D eigenvalue weighted by atomic mass is 10.1. The molecule has 0 aromatic heterocycles. The van der Waals surface area contributed by atoms with Crippen molar-refractivity contribution in [1.82, 2.24) is 0 Å². The third-order valence-corrected chi connectivity index (χ3v) is 11.0. The Bertz CT molecular complexity index is 834. The van der Waals surface area contributed by atoms with Gasteiger partial charge in [0.05, 0.1) is 0 Å². The van der Waals surface area contributed by atoms with E-state index in [1.807, 2.05) is 0 Å². The van der Waals surface area contributed by atoms with Crippen LogP contribution in [0.5, 0.6) is 0 Å². The first-order chi connectivity index (χ1) is 14.8. The predicted molar refractivity (Wildman–Crippen MR) is 127 cm³/mol. The Morgan fingerprint density at radius 3 is 1.94 bits per heavy atom. The molecule has 0 saturated carbocycles. The van der Waals surface area contributed by atoms with E-state index in [4.69, 9.17) is 13.9 Å². The van der Waals surface area contributed by atoms with Gasteiger partial charge in [0, 0.05) is 26.2 Å². The highest BCUT2D eigenvalue weighted by Crippen LogP contribution is 2.37. The summed E-state index contributed by atoms with van der Waals surface area (Å²) in [6.45, 7) is 7.58. The summed E-state index contributed by atoms with van der Waals surface area (Å²) in [7, 11) is -0.893. The fourth-order valence-electron chi connectivity index (χ4n) is 4.42. The molecule has 1 atom stereocenters. The van der Waals surface area contributed by atoms with Gasteiger partial charge in [-0.05, 0) is 34.3 Å². The first kappa shape index (κ1) is 23.5. The van der Waals surface area contributed by atoms with Crippen LogP contribution in [0.2, 0.25) is 5.04 Å². The summed E-state index contributed by atoms with van der Waals surface area (Å²) in [5.41, 5.74) is 0. The zero-order valence-corrected chi connectivity index (χ0v) is 20.1. The maximum absolute atomic E-state index is 11.4. The Balaban J connectivity index is 1.69. The Labute approximate surface area is 187 Å². The highest BCUT2D eigenvalue weighted by atomic mass is 28.4.